The number of benzene rings is 2. The molecule has 1 heterocycles. The first-order valence-electron chi connectivity index (χ1n) is 10.5. The second-order valence-corrected chi connectivity index (χ2v) is 8.78. The van der Waals surface area contributed by atoms with Crippen molar-refractivity contribution in [3.8, 4) is 0 Å². The Morgan fingerprint density at radius 2 is 1.43 bits per heavy atom. The third-order valence-electron chi connectivity index (χ3n) is 5.56. The van der Waals surface area contributed by atoms with Gasteiger partial charge in [-0.3, -0.25) is 14.9 Å². The molecule has 1 saturated heterocycles. The lowest BCUT2D eigenvalue weighted by Crippen LogP contribution is -2.49. The van der Waals surface area contributed by atoms with E-state index >= 15 is 0 Å². The molecular weight excluding hydrogens is 378 g/mol. The number of hydrogen-bond donors (Lipinski definition) is 1. The highest BCUT2D eigenvalue weighted by molar-refractivity contribution is 5.83. The minimum absolute atomic E-state index is 0.277. The van der Waals surface area contributed by atoms with Crippen LogP contribution in [-0.4, -0.2) is 30.2 Å². The van der Waals surface area contributed by atoms with E-state index in [1.165, 1.54) is 0 Å². The van der Waals surface area contributed by atoms with E-state index in [4.69, 9.17) is 9.47 Å². The molecular formula is C25H31NO4. The fourth-order valence-electron chi connectivity index (χ4n) is 4.41. The molecule has 1 aliphatic heterocycles. The van der Waals surface area contributed by atoms with Crippen molar-refractivity contribution in [2.45, 2.75) is 51.8 Å². The predicted octanol–water partition coefficient (Wildman–Crippen LogP) is 4.06. The van der Waals surface area contributed by atoms with Crippen molar-refractivity contribution in [2.24, 2.45) is 11.8 Å². The fraction of sp³-hybridized carbons (Fsp3) is 0.440. The highest BCUT2D eigenvalue weighted by atomic mass is 16.6. The Kier molecular flexibility index (Phi) is 6.32. The fourth-order valence-corrected chi connectivity index (χ4v) is 4.41. The van der Waals surface area contributed by atoms with E-state index < -0.39 is 23.1 Å². The Balaban J connectivity index is 2.19. The molecule has 1 fully saturated rings. The normalized spacial score (nSPS) is 23.0. The highest BCUT2D eigenvalue weighted by Gasteiger charge is 2.59. The van der Waals surface area contributed by atoms with E-state index in [0.29, 0.717) is 0 Å². The molecule has 30 heavy (non-hydrogen) atoms. The van der Waals surface area contributed by atoms with Crippen molar-refractivity contribution >= 4 is 11.9 Å². The zero-order chi connectivity index (χ0) is 21.9. The number of hydrogen-bond acceptors (Lipinski definition) is 5. The van der Waals surface area contributed by atoms with Crippen molar-refractivity contribution in [1.82, 2.24) is 5.32 Å². The van der Waals surface area contributed by atoms with E-state index in [-0.39, 0.29) is 24.5 Å². The molecule has 0 aromatic heterocycles. The topological polar surface area (TPSA) is 64.6 Å². The summed E-state index contributed by atoms with van der Waals surface area (Å²) in [4.78, 5) is 26.4. The molecule has 0 aliphatic carbocycles. The van der Waals surface area contributed by atoms with Crippen LogP contribution in [0.25, 0.3) is 0 Å². The summed E-state index contributed by atoms with van der Waals surface area (Å²) in [6.07, 6.45) is 0. The maximum atomic E-state index is 13.3. The van der Waals surface area contributed by atoms with Crippen molar-refractivity contribution in [1.29, 1.82) is 0 Å². The first-order chi connectivity index (χ1) is 14.2. The molecule has 5 nitrogen and oxygen atoms in total. The van der Waals surface area contributed by atoms with Gasteiger partial charge in [-0.15, -0.1) is 0 Å². The summed E-state index contributed by atoms with van der Waals surface area (Å²) in [5.74, 6) is -1.62. The maximum Gasteiger partial charge on any atom is 0.323 e. The van der Waals surface area contributed by atoms with Gasteiger partial charge in [0.15, 0.2) is 0 Å². The summed E-state index contributed by atoms with van der Waals surface area (Å²) in [7, 11) is 0. The third-order valence-corrected chi connectivity index (χ3v) is 5.56. The number of nitrogens with one attached hydrogen (secondary N) is 1. The summed E-state index contributed by atoms with van der Waals surface area (Å²) < 4.78 is 11.2. The second kappa shape index (κ2) is 8.60. The first kappa shape index (κ1) is 22.0. The van der Waals surface area contributed by atoms with Crippen molar-refractivity contribution < 1.29 is 19.1 Å². The zero-order valence-corrected chi connectivity index (χ0v) is 18.3. The zero-order valence-electron chi connectivity index (χ0n) is 18.3. The van der Waals surface area contributed by atoms with E-state index in [9.17, 15) is 9.59 Å². The number of ether oxygens (including phenoxy) is 2. The molecule has 0 amide bonds. The SMILES string of the molecule is CCOC(=O)[C@@H]1[C@@H](C)[C@H](C(=O)OC(C)(C)C)NC1(c1ccccc1)c1ccccc1. The van der Waals surface area contributed by atoms with Gasteiger partial charge in [-0.05, 0) is 44.7 Å². The first-order valence-corrected chi connectivity index (χ1v) is 10.5. The molecule has 0 radical (unpaired) electrons. The summed E-state index contributed by atoms with van der Waals surface area (Å²) in [5.41, 5.74) is 0.289. The molecule has 0 spiro atoms. The summed E-state index contributed by atoms with van der Waals surface area (Å²) >= 11 is 0. The van der Waals surface area contributed by atoms with Gasteiger partial charge in [0, 0.05) is 0 Å². The summed E-state index contributed by atoms with van der Waals surface area (Å²) in [6, 6.07) is 18.9. The molecule has 5 heteroatoms. The number of carbonyl (C=O) groups is 2. The van der Waals surface area contributed by atoms with E-state index in [1.807, 2.05) is 88.4 Å². The van der Waals surface area contributed by atoms with Crippen molar-refractivity contribution in [2.75, 3.05) is 6.61 Å². The minimum atomic E-state index is -0.907. The summed E-state index contributed by atoms with van der Waals surface area (Å²) in [6.45, 7) is 9.51. The van der Waals surface area contributed by atoms with Crippen LogP contribution >= 0.6 is 0 Å². The van der Waals surface area contributed by atoms with E-state index in [0.717, 1.165) is 11.1 Å². The monoisotopic (exact) mass is 409 g/mol. The molecule has 3 atom stereocenters. The maximum absolute atomic E-state index is 13.3. The molecule has 1 N–H and O–H groups in total. The standard InChI is InChI=1S/C25H31NO4/c1-6-29-22(27)20-17(2)21(23(28)30-24(3,4)5)26-25(20,18-13-9-7-10-14-18)19-15-11-8-12-16-19/h7-17,20-21,26H,6H2,1-5H3/t17-,20+,21-/m1/s1. The third kappa shape index (κ3) is 4.12. The molecule has 0 unspecified atom stereocenters. The Morgan fingerprint density at radius 1 is 0.933 bits per heavy atom. The number of rotatable bonds is 5. The lowest BCUT2D eigenvalue weighted by Gasteiger charge is -2.36. The van der Waals surface area contributed by atoms with Crippen molar-refractivity contribution in [3.05, 3.63) is 71.8 Å². The van der Waals surface area contributed by atoms with Gasteiger partial charge in [-0.1, -0.05) is 67.6 Å². The molecule has 1 aliphatic rings. The molecule has 2 aromatic rings. The quantitative estimate of drug-likeness (QED) is 0.755. The second-order valence-electron chi connectivity index (χ2n) is 8.78. The van der Waals surface area contributed by atoms with Gasteiger partial charge in [-0.2, -0.15) is 0 Å². The van der Waals surface area contributed by atoms with Gasteiger partial charge in [0.25, 0.3) is 0 Å². The average molecular weight is 410 g/mol. The van der Waals surface area contributed by atoms with Gasteiger partial charge in [0.2, 0.25) is 0 Å². The van der Waals surface area contributed by atoms with Gasteiger partial charge >= 0.3 is 11.9 Å². The largest absolute Gasteiger partial charge is 0.466 e. The van der Waals surface area contributed by atoms with Gasteiger partial charge in [0.1, 0.15) is 11.6 Å². The van der Waals surface area contributed by atoms with Crippen LogP contribution in [0.1, 0.15) is 45.7 Å². The molecule has 0 saturated carbocycles. The Morgan fingerprint density at radius 3 is 1.87 bits per heavy atom. The van der Waals surface area contributed by atoms with Crippen LogP contribution in [-0.2, 0) is 24.6 Å². The van der Waals surface area contributed by atoms with Crippen LogP contribution in [0.15, 0.2) is 60.7 Å². The van der Waals surface area contributed by atoms with Crippen LogP contribution < -0.4 is 5.32 Å². The van der Waals surface area contributed by atoms with Gasteiger partial charge in [0.05, 0.1) is 18.1 Å². The molecule has 3 rings (SSSR count). The summed E-state index contributed by atoms with van der Waals surface area (Å²) in [5, 5.41) is 3.52. The van der Waals surface area contributed by atoms with Crippen LogP contribution in [0.4, 0.5) is 0 Å². The van der Waals surface area contributed by atoms with E-state index in [2.05, 4.69) is 5.32 Å². The molecule has 0 bridgehead atoms. The lowest BCUT2D eigenvalue weighted by atomic mass is 9.71. The number of esters is 2. The van der Waals surface area contributed by atoms with E-state index in [1.54, 1.807) is 6.92 Å². The van der Waals surface area contributed by atoms with Crippen LogP contribution in [0.5, 0.6) is 0 Å². The van der Waals surface area contributed by atoms with Crippen molar-refractivity contribution in [3.63, 3.8) is 0 Å². The Hall–Kier alpha value is -2.66. The van der Waals surface area contributed by atoms with Gasteiger partial charge in [-0.25, -0.2) is 0 Å². The van der Waals surface area contributed by atoms with Crippen LogP contribution in [0.3, 0.4) is 0 Å². The molecule has 2 aromatic carbocycles. The lowest BCUT2D eigenvalue weighted by molar-refractivity contribution is -0.158. The smallest absolute Gasteiger partial charge is 0.323 e. The minimum Gasteiger partial charge on any atom is -0.466 e. The van der Waals surface area contributed by atoms with Gasteiger partial charge < -0.3 is 9.47 Å². The Bertz CT molecular complexity index is 834. The predicted molar refractivity (Wildman–Crippen MR) is 116 cm³/mol. The van der Waals surface area contributed by atoms with Crippen LogP contribution in [0.2, 0.25) is 0 Å². The number of carbonyl (C=O) groups excluding carboxylic acids is 2. The highest BCUT2D eigenvalue weighted by Crippen LogP contribution is 2.48. The Labute approximate surface area is 178 Å². The molecule has 160 valence electrons. The van der Waals surface area contributed by atoms with Crippen LogP contribution in [0, 0.1) is 11.8 Å². The average Bonchev–Trinajstić information content (AvgIpc) is 3.02.